The van der Waals surface area contributed by atoms with Crippen molar-refractivity contribution in [3.05, 3.63) is 35.5 Å². The zero-order valence-corrected chi connectivity index (χ0v) is 21.6. The highest BCUT2D eigenvalue weighted by Gasteiger charge is 2.41. The molecule has 0 unspecified atom stereocenters. The first-order valence-corrected chi connectivity index (χ1v) is 12.6. The van der Waals surface area contributed by atoms with Crippen molar-refractivity contribution < 1.29 is 14.3 Å². The van der Waals surface area contributed by atoms with Crippen molar-refractivity contribution in [3.63, 3.8) is 0 Å². The van der Waals surface area contributed by atoms with Gasteiger partial charge in [0, 0.05) is 36.4 Å². The number of hydrogen-bond acceptors (Lipinski definition) is 7. The summed E-state index contributed by atoms with van der Waals surface area (Å²) in [5.74, 6) is 1.61. The number of amides is 2. The highest BCUT2D eigenvalue weighted by atomic mass is 16.5. The molecule has 9 nitrogen and oxygen atoms in total. The monoisotopic (exact) mass is 482 g/mol. The Hall–Kier alpha value is -2.75. The van der Waals surface area contributed by atoms with Gasteiger partial charge in [-0.3, -0.25) is 0 Å². The van der Waals surface area contributed by atoms with E-state index in [9.17, 15) is 4.79 Å². The minimum atomic E-state index is -0.472. The number of aromatic nitrogens is 2. The Morgan fingerprint density at radius 2 is 2.03 bits per heavy atom. The van der Waals surface area contributed by atoms with Crippen LogP contribution in [-0.4, -0.2) is 73.4 Å². The van der Waals surface area contributed by atoms with E-state index in [-0.39, 0.29) is 12.1 Å². The van der Waals surface area contributed by atoms with Crippen molar-refractivity contribution in [2.45, 2.75) is 52.4 Å². The molecule has 1 aromatic carbocycles. The molecule has 35 heavy (non-hydrogen) atoms. The molecule has 0 aliphatic carbocycles. The Balaban J connectivity index is 1.70. The molecule has 9 heteroatoms. The summed E-state index contributed by atoms with van der Waals surface area (Å²) >= 11 is 0. The minimum absolute atomic E-state index is 0.220. The maximum atomic E-state index is 11.9. The lowest BCUT2D eigenvalue weighted by molar-refractivity contribution is -0.0360. The summed E-state index contributed by atoms with van der Waals surface area (Å²) in [6.45, 7) is 13.5. The van der Waals surface area contributed by atoms with Crippen LogP contribution in [0.25, 0.3) is 11.4 Å². The molecule has 0 radical (unpaired) electrons. The van der Waals surface area contributed by atoms with E-state index < -0.39 is 5.60 Å². The summed E-state index contributed by atoms with van der Waals surface area (Å²) < 4.78 is 12.1. The van der Waals surface area contributed by atoms with E-state index in [0.717, 1.165) is 54.4 Å². The summed E-state index contributed by atoms with van der Waals surface area (Å²) in [4.78, 5) is 26.6. The molecule has 2 N–H and O–H groups in total. The van der Waals surface area contributed by atoms with Gasteiger partial charge in [-0.1, -0.05) is 6.92 Å². The maximum absolute atomic E-state index is 11.9. The van der Waals surface area contributed by atoms with Gasteiger partial charge in [0.2, 0.25) is 0 Å². The molecular formula is C26H38N6O3. The summed E-state index contributed by atoms with van der Waals surface area (Å²) in [6, 6.07) is 7.66. The number of benzene rings is 1. The van der Waals surface area contributed by atoms with E-state index in [0.29, 0.717) is 32.2 Å². The maximum Gasteiger partial charge on any atom is 0.319 e. The number of fused-ring (bicyclic) bond motifs is 1. The fraction of sp³-hybridized carbons (Fsp3) is 0.577. The topological polar surface area (TPSA) is 91.9 Å². The number of hydrogen-bond donors (Lipinski definition) is 2. The number of anilines is 2. The fourth-order valence-electron chi connectivity index (χ4n) is 4.54. The second kappa shape index (κ2) is 10.9. The van der Waals surface area contributed by atoms with Gasteiger partial charge in [0.05, 0.1) is 31.6 Å². The molecule has 190 valence electrons. The number of rotatable bonds is 8. The van der Waals surface area contributed by atoms with Crippen molar-refractivity contribution >= 4 is 17.5 Å². The van der Waals surface area contributed by atoms with Gasteiger partial charge in [-0.05, 0) is 65.0 Å². The van der Waals surface area contributed by atoms with Gasteiger partial charge < -0.3 is 29.9 Å². The second-order valence-corrected chi connectivity index (χ2v) is 9.54. The number of urea groups is 1. The molecule has 1 saturated heterocycles. The lowest BCUT2D eigenvalue weighted by atomic mass is 9.95. The van der Waals surface area contributed by atoms with Crippen LogP contribution in [-0.2, 0) is 21.7 Å². The lowest BCUT2D eigenvalue weighted by Gasteiger charge is -2.35. The van der Waals surface area contributed by atoms with Crippen molar-refractivity contribution in [2.24, 2.45) is 0 Å². The third kappa shape index (κ3) is 5.58. The Kier molecular flexibility index (Phi) is 7.88. The summed E-state index contributed by atoms with van der Waals surface area (Å²) in [5, 5.41) is 5.58. The van der Waals surface area contributed by atoms with Gasteiger partial charge in [-0.15, -0.1) is 0 Å². The number of carbonyl (C=O) groups is 1. The molecule has 0 saturated carbocycles. The zero-order chi connectivity index (χ0) is 25.0. The average molecular weight is 483 g/mol. The van der Waals surface area contributed by atoms with E-state index in [1.165, 1.54) is 0 Å². The van der Waals surface area contributed by atoms with Gasteiger partial charge in [0.15, 0.2) is 5.82 Å². The fourth-order valence-corrected chi connectivity index (χ4v) is 4.54. The third-order valence-electron chi connectivity index (χ3n) is 6.91. The van der Waals surface area contributed by atoms with Crippen molar-refractivity contribution in [1.29, 1.82) is 0 Å². The molecule has 2 aliphatic rings. The van der Waals surface area contributed by atoms with Gasteiger partial charge in [0.25, 0.3) is 0 Å². The molecule has 4 rings (SSSR count). The SMILES string of the molecule is CCNC(=O)Nc1ccc(-c2nc(N3CCOC[C@@H]3C)c3c(n2)[C@](C)(CCN(C)CC)OC3)cc1. The van der Waals surface area contributed by atoms with Gasteiger partial charge in [-0.25, -0.2) is 14.8 Å². The van der Waals surface area contributed by atoms with Crippen molar-refractivity contribution in [2.75, 3.05) is 56.7 Å². The Bertz CT molecular complexity index is 1030. The number of nitrogens with one attached hydrogen (secondary N) is 2. The van der Waals surface area contributed by atoms with Crippen LogP contribution in [0.3, 0.4) is 0 Å². The van der Waals surface area contributed by atoms with Gasteiger partial charge in [-0.2, -0.15) is 0 Å². The Labute approximate surface area is 208 Å². The average Bonchev–Trinajstić information content (AvgIpc) is 3.20. The molecule has 1 aromatic heterocycles. The summed E-state index contributed by atoms with van der Waals surface area (Å²) in [6.07, 6.45) is 0.855. The molecule has 0 bridgehead atoms. The summed E-state index contributed by atoms with van der Waals surface area (Å²) in [5.41, 5.74) is 3.21. The van der Waals surface area contributed by atoms with Crippen molar-refractivity contribution in [3.8, 4) is 11.4 Å². The molecule has 2 aromatic rings. The number of nitrogens with zero attached hydrogens (tertiary/aromatic N) is 4. The van der Waals surface area contributed by atoms with Crippen LogP contribution < -0.4 is 15.5 Å². The van der Waals surface area contributed by atoms with E-state index in [2.05, 4.69) is 48.3 Å². The number of carbonyl (C=O) groups excluding carboxylic acids is 1. The second-order valence-electron chi connectivity index (χ2n) is 9.54. The quantitative estimate of drug-likeness (QED) is 0.594. The Morgan fingerprint density at radius 3 is 2.71 bits per heavy atom. The van der Waals surface area contributed by atoms with E-state index in [1.54, 1.807) is 0 Å². The van der Waals surface area contributed by atoms with Crippen LogP contribution in [0.15, 0.2) is 24.3 Å². The van der Waals surface area contributed by atoms with Gasteiger partial charge in [0.1, 0.15) is 11.4 Å². The predicted molar refractivity (Wildman–Crippen MR) is 138 cm³/mol. The van der Waals surface area contributed by atoms with E-state index in [1.807, 2.05) is 31.2 Å². The number of ether oxygens (including phenoxy) is 2. The van der Waals surface area contributed by atoms with Crippen LogP contribution >= 0.6 is 0 Å². The molecular weight excluding hydrogens is 444 g/mol. The standard InChI is InChI=1S/C26H38N6O3/c1-6-27-25(33)28-20-10-8-19(9-11-20)23-29-22-21(17-35-26(22,4)12-13-31(5)7-2)24(30-23)32-14-15-34-16-18(32)3/h8-11,18H,6-7,12-17H2,1-5H3,(H2,27,28,33)/t18-,26-/m0/s1. The van der Waals surface area contributed by atoms with Crippen molar-refractivity contribution in [1.82, 2.24) is 20.2 Å². The first kappa shape index (κ1) is 25.3. The normalized spacial score (nSPS) is 21.8. The molecule has 0 spiro atoms. The van der Waals surface area contributed by atoms with E-state index in [4.69, 9.17) is 19.4 Å². The van der Waals surface area contributed by atoms with Crippen LogP contribution in [0.1, 0.15) is 45.4 Å². The molecule has 2 amide bonds. The molecule has 3 heterocycles. The zero-order valence-electron chi connectivity index (χ0n) is 21.6. The highest BCUT2D eigenvalue weighted by Crippen LogP contribution is 2.43. The lowest BCUT2D eigenvalue weighted by Crippen LogP contribution is -2.44. The first-order chi connectivity index (χ1) is 16.8. The highest BCUT2D eigenvalue weighted by molar-refractivity contribution is 5.89. The van der Waals surface area contributed by atoms with Crippen LogP contribution in [0.5, 0.6) is 0 Å². The minimum Gasteiger partial charge on any atom is -0.377 e. The molecule has 1 fully saturated rings. The Morgan fingerprint density at radius 1 is 1.26 bits per heavy atom. The predicted octanol–water partition coefficient (Wildman–Crippen LogP) is 3.60. The smallest absolute Gasteiger partial charge is 0.319 e. The third-order valence-corrected chi connectivity index (χ3v) is 6.91. The largest absolute Gasteiger partial charge is 0.377 e. The summed E-state index contributed by atoms with van der Waals surface area (Å²) in [7, 11) is 2.13. The van der Waals surface area contributed by atoms with Crippen LogP contribution in [0.2, 0.25) is 0 Å². The van der Waals surface area contributed by atoms with E-state index >= 15 is 0 Å². The molecule has 2 aliphatic heterocycles. The number of morpholine rings is 1. The molecule has 2 atom stereocenters. The van der Waals surface area contributed by atoms with Crippen LogP contribution in [0.4, 0.5) is 16.3 Å². The first-order valence-electron chi connectivity index (χ1n) is 12.6. The van der Waals surface area contributed by atoms with Crippen LogP contribution in [0, 0.1) is 0 Å². The van der Waals surface area contributed by atoms with Gasteiger partial charge >= 0.3 is 6.03 Å².